The fraction of sp³-hybridized carbons (Fsp3) is 0.294. The zero-order valence-electron chi connectivity index (χ0n) is 13.8. The van der Waals surface area contributed by atoms with Gasteiger partial charge < -0.3 is 10.2 Å². The summed E-state index contributed by atoms with van der Waals surface area (Å²) in [6.45, 7) is 3.70. The van der Waals surface area contributed by atoms with Gasteiger partial charge in [-0.05, 0) is 32.0 Å². The molecule has 2 aromatic rings. The van der Waals surface area contributed by atoms with E-state index in [9.17, 15) is 9.59 Å². The molecule has 1 aromatic carbocycles. The van der Waals surface area contributed by atoms with Crippen molar-refractivity contribution in [2.45, 2.75) is 20.4 Å². The number of nitrogens with one attached hydrogen (secondary N) is 1. The minimum absolute atomic E-state index is 0.0235. The number of benzene rings is 1. The third-order valence-electron chi connectivity index (χ3n) is 3.28. The molecule has 120 valence electrons. The Morgan fingerprint density at radius 1 is 1.09 bits per heavy atom. The molecule has 1 heterocycles. The largest absolute Gasteiger partial charge is 0.347 e. The number of aromatic nitrogens is 2. The topological polar surface area (TPSA) is 75.2 Å². The van der Waals surface area contributed by atoms with E-state index in [-0.39, 0.29) is 11.7 Å². The van der Waals surface area contributed by atoms with Gasteiger partial charge in [-0.1, -0.05) is 12.1 Å². The number of hydrogen-bond donors (Lipinski definition) is 1. The zero-order valence-corrected chi connectivity index (χ0v) is 13.8. The van der Waals surface area contributed by atoms with Gasteiger partial charge >= 0.3 is 0 Å². The van der Waals surface area contributed by atoms with Gasteiger partial charge in [-0.2, -0.15) is 0 Å². The molecule has 1 N–H and O–H groups in total. The van der Waals surface area contributed by atoms with Gasteiger partial charge in [-0.15, -0.1) is 0 Å². The number of aryl methyl sites for hydroxylation is 1. The molecule has 2 rings (SSSR count). The van der Waals surface area contributed by atoms with Crippen LogP contribution in [-0.4, -0.2) is 35.8 Å². The number of hydrogen-bond acceptors (Lipinski definition) is 5. The summed E-state index contributed by atoms with van der Waals surface area (Å²) in [5.41, 5.74) is 2.69. The molecule has 0 spiro atoms. The second-order valence-electron chi connectivity index (χ2n) is 5.51. The van der Waals surface area contributed by atoms with Crippen LogP contribution in [0.2, 0.25) is 0 Å². The lowest BCUT2D eigenvalue weighted by Crippen LogP contribution is -2.24. The Kier molecular flexibility index (Phi) is 5.05. The maximum absolute atomic E-state index is 12.2. The number of rotatable bonds is 5. The zero-order chi connectivity index (χ0) is 17.0. The summed E-state index contributed by atoms with van der Waals surface area (Å²) in [6, 6.07) is 8.42. The second kappa shape index (κ2) is 7.00. The van der Waals surface area contributed by atoms with Crippen LogP contribution >= 0.6 is 0 Å². The molecular weight excluding hydrogens is 292 g/mol. The number of ketones is 1. The molecule has 0 bridgehead atoms. The summed E-state index contributed by atoms with van der Waals surface area (Å²) in [6.07, 6.45) is 0. The molecule has 0 aliphatic rings. The van der Waals surface area contributed by atoms with E-state index in [1.165, 1.54) is 6.92 Å². The van der Waals surface area contributed by atoms with Crippen molar-refractivity contribution in [3.8, 4) is 0 Å². The predicted molar refractivity (Wildman–Crippen MR) is 88.7 cm³/mol. The summed E-state index contributed by atoms with van der Waals surface area (Å²) in [5.74, 6) is 0.382. The van der Waals surface area contributed by atoms with E-state index in [0.717, 1.165) is 11.4 Å². The lowest BCUT2D eigenvalue weighted by molar-refractivity contribution is 0.0948. The van der Waals surface area contributed by atoms with Crippen LogP contribution in [0.3, 0.4) is 0 Å². The first-order chi connectivity index (χ1) is 10.9. The maximum Gasteiger partial charge on any atom is 0.251 e. The fourth-order valence-electron chi connectivity index (χ4n) is 2.04. The molecule has 0 saturated carbocycles. The second-order valence-corrected chi connectivity index (χ2v) is 5.51. The molecule has 0 atom stereocenters. The lowest BCUT2D eigenvalue weighted by Gasteiger charge is -2.12. The summed E-state index contributed by atoms with van der Waals surface area (Å²) >= 11 is 0. The van der Waals surface area contributed by atoms with E-state index < -0.39 is 0 Å². The molecule has 0 unspecified atom stereocenters. The highest BCUT2D eigenvalue weighted by molar-refractivity contribution is 5.97. The van der Waals surface area contributed by atoms with Crippen molar-refractivity contribution in [1.82, 2.24) is 15.3 Å². The van der Waals surface area contributed by atoms with Crippen LogP contribution in [0.25, 0.3) is 0 Å². The number of anilines is 1. The van der Waals surface area contributed by atoms with E-state index in [2.05, 4.69) is 15.3 Å². The average molecular weight is 312 g/mol. The van der Waals surface area contributed by atoms with Crippen LogP contribution < -0.4 is 10.2 Å². The monoisotopic (exact) mass is 312 g/mol. The smallest absolute Gasteiger partial charge is 0.251 e. The minimum atomic E-state index is -0.206. The summed E-state index contributed by atoms with van der Waals surface area (Å²) < 4.78 is 0. The average Bonchev–Trinajstić information content (AvgIpc) is 2.52. The van der Waals surface area contributed by atoms with Crippen LogP contribution in [0.15, 0.2) is 30.3 Å². The van der Waals surface area contributed by atoms with Gasteiger partial charge in [0.1, 0.15) is 0 Å². The molecule has 0 aliphatic heterocycles. The van der Waals surface area contributed by atoms with Gasteiger partial charge in [-0.25, -0.2) is 9.97 Å². The molecule has 23 heavy (non-hydrogen) atoms. The number of carbonyl (C=O) groups is 2. The van der Waals surface area contributed by atoms with Gasteiger partial charge in [0, 0.05) is 30.9 Å². The van der Waals surface area contributed by atoms with Crippen molar-refractivity contribution in [2.24, 2.45) is 0 Å². The van der Waals surface area contributed by atoms with Crippen LogP contribution in [0.1, 0.15) is 39.0 Å². The molecule has 0 saturated heterocycles. The van der Waals surface area contributed by atoms with E-state index in [4.69, 9.17) is 0 Å². The van der Waals surface area contributed by atoms with Crippen molar-refractivity contribution in [1.29, 1.82) is 0 Å². The molecule has 6 nitrogen and oxygen atoms in total. The standard InChI is InChI=1S/C17H20N4O2/c1-11-9-15(20-17(19-11)21(3)4)10-18-16(23)14-7-5-13(6-8-14)12(2)22/h5-9H,10H2,1-4H3,(H,18,23). The van der Waals surface area contributed by atoms with E-state index >= 15 is 0 Å². The van der Waals surface area contributed by atoms with E-state index in [1.807, 2.05) is 32.0 Å². The Morgan fingerprint density at radius 3 is 2.26 bits per heavy atom. The SMILES string of the molecule is CC(=O)c1ccc(C(=O)NCc2cc(C)nc(N(C)C)n2)cc1. The number of amides is 1. The van der Waals surface area contributed by atoms with Crippen molar-refractivity contribution in [3.05, 3.63) is 52.8 Å². The fourth-order valence-corrected chi connectivity index (χ4v) is 2.04. The Balaban J connectivity index is 2.05. The van der Waals surface area contributed by atoms with Crippen molar-refractivity contribution < 1.29 is 9.59 Å². The van der Waals surface area contributed by atoms with E-state index in [0.29, 0.717) is 23.6 Å². The van der Waals surface area contributed by atoms with Gasteiger partial charge in [-0.3, -0.25) is 9.59 Å². The normalized spacial score (nSPS) is 10.3. The van der Waals surface area contributed by atoms with Crippen molar-refractivity contribution >= 4 is 17.6 Å². The summed E-state index contributed by atoms with van der Waals surface area (Å²) in [7, 11) is 3.74. The lowest BCUT2D eigenvalue weighted by atomic mass is 10.1. The van der Waals surface area contributed by atoms with Crippen molar-refractivity contribution in [3.63, 3.8) is 0 Å². The number of carbonyl (C=O) groups excluding carboxylic acids is 2. The number of Topliss-reactive ketones (excluding diaryl/α,β-unsaturated/α-hetero) is 1. The van der Waals surface area contributed by atoms with E-state index in [1.54, 1.807) is 24.3 Å². The predicted octanol–water partition coefficient (Wildman–Crippen LogP) is 1.98. The van der Waals surface area contributed by atoms with Gasteiger partial charge in [0.05, 0.1) is 12.2 Å². The molecule has 1 amide bonds. The van der Waals surface area contributed by atoms with Crippen molar-refractivity contribution in [2.75, 3.05) is 19.0 Å². The Bertz CT molecular complexity index is 724. The van der Waals surface area contributed by atoms with Crippen LogP contribution in [0.4, 0.5) is 5.95 Å². The van der Waals surface area contributed by atoms with Gasteiger partial charge in [0.15, 0.2) is 5.78 Å². The Labute approximate surface area is 135 Å². The first-order valence-corrected chi connectivity index (χ1v) is 7.28. The van der Waals surface area contributed by atoms with Crippen LogP contribution in [0.5, 0.6) is 0 Å². The molecule has 0 aliphatic carbocycles. The highest BCUT2D eigenvalue weighted by atomic mass is 16.1. The Morgan fingerprint density at radius 2 is 1.70 bits per heavy atom. The van der Waals surface area contributed by atoms with Gasteiger partial charge in [0.2, 0.25) is 5.95 Å². The van der Waals surface area contributed by atoms with Gasteiger partial charge in [0.25, 0.3) is 5.91 Å². The highest BCUT2D eigenvalue weighted by Crippen LogP contribution is 2.08. The summed E-state index contributed by atoms with van der Waals surface area (Å²) in [5, 5.41) is 2.82. The minimum Gasteiger partial charge on any atom is -0.347 e. The Hall–Kier alpha value is -2.76. The third kappa shape index (κ3) is 4.35. The highest BCUT2D eigenvalue weighted by Gasteiger charge is 2.09. The summed E-state index contributed by atoms with van der Waals surface area (Å²) in [4.78, 5) is 33.9. The number of nitrogens with zero attached hydrogens (tertiary/aromatic N) is 3. The molecule has 1 aromatic heterocycles. The maximum atomic E-state index is 12.2. The van der Waals surface area contributed by atoms with Crippen LogP contribution in [0, 0.1) is 6.92 Å². The molecule has 6 heteroatoms. The first-order valence-electron chi connectivity index (χ1n) is 7.28. The van der Waals surface area contributed by atoms with Crippen LogP contribution in [-0.2, 0) is 6.54 Å². The molecular formula is C17H20N4O2. The quantitative estimate of drug-likeness (QED) is 0.855. The molecule has 0 radical (unpaired) electrons. The first kappa shape index (κ1) is 16.6. The molecule has 0 fully saturated rings. The third-order valence-corrected chi connectivity index (χ3v) is 3.28.